The van der Waals surface area contributed by atoms with Crippen LogP contribution in [0.15, 0.2) is 29.2 Å². The predicted octanol–water partition coefficient (Wildman–Crippen LogP) is -0.353. The Hall–Kier alpha value is -0.674. The van der Waals surface area contributed by atoms with Gasteiger partial charge in [0.2, 0.25) is 0 Å². The van der Waals surface area contributed by atoms with E-state index in [0.717, 1.165) is 24.3 Å². The monoisotopic (exact) mass is 244 g/mol. The number of hydrogen-bond donors (Lipinski definition) is 2. The Labute approximate surface area is 102 Å². The van der Waals surface area contributed by atoms with Crippen molar-refractivity contribution in [1.82, 2.24) is 0 Å². The molecule has 0 aliphatic carbocycles. The van der Waals surface area contributed by atoms with E-state index in [9.17, 15) is 13.2 Å². The molecule has 0 spiro atoms. The zero-order chi connectivity index (χ0) is 10.8. The first-order valence-corrected chi connectivity index (χ1v) is 4.82. The molecule has 1 aromatic rings. The van der Waals surface area contributed by atoms with E-state index in [1.165, 1.54) is 0 Å². The zero-order valence-electron chi connectivity index (χ0n) is 6.75. The number of hydrogen-bond acceptors (Lipinski definition) is 5. The summed E-state index contributed by atoms with van der Waals surface area (Å²) in [6.07, 6.45) is 0. The molecule has 0 unspecified atom stereocenters. The van der Waals surface area contributed by atoms with Crippen molar-refractivity contribution >= 4 is 39.1 Å². The summed E-state index contributed by atoms with van der Waals surface area (Å²) >= 11 is 0. The van der Waals surface area contributed by atoms with Gasteiger partial charge in [0.25, 0.3) is 10.1 Å². The molecule has 0 amide bonds. The minimum Gasteiger partial charge on any atom is -0.296 e. The standard InChI is InChI=1S/C7H6O6S.Mg.2H/c8-7(13-9)5-1-3-6(4-2-5)14(10,11)12;;;/h1-4,9H,(H,10,11,12);;;. The van der Waals surface area contributed by atoms with Gasteiger partial charge in [0, 0.05) is 0 Å². The zero-order valence-corrected chi connectivity index (χ0v) is 7.56. The topological polar surface area (TPSA) is 101 Å². The maximum atomic E-state index is 10.7. The number of carbonyl (C=O) groups is 1. The largest absolute Gasteiger partial charge is 0.372 e. The van der Waals surface area contributed by atoms with Crippen LogP contribution in [0.3, 0.4) is 0 Å². The van der Waals surface area contributed by atoms with Crippen LogP contribution in [-0.4, -0.2) is 47.2 Å². The van der Waals surface area contributed by atoms with Crippen LogP contribution in [-0.2, 0) is 15.0 Å². The van der Waals surface area contributed by atoms with E-state index >= 15 is 0 Å². The lowest BCUT2D eigenvalue weighted by molar-refractivity contribution is -0.182. The van der Waals surface area contributed by atoms with Gasteiger partial charge in [-0.2, -0.15) is 13.7 Å². The van der Waals surface area contributed by atoms with Crippen LogP contribution in [0.25, 0.3) is 0 Å². The van der Waals surface area contributed by atoms with Crippen LogP contribution < -0.4 is 0 Å². The van der Waals surface area contributed by atoms with E-state index in [1.807, 2.05) is 0 Å². The summed E-state index contributed by atoms with van der Waals surface area (Å²) in [5, 5.41) is 8.00. The second kappa shape index (κ2) is 5.42. The molecule has 0 aliphatic rings. The minimum absolute atomic E-state index is 0. The molecule has 1 aromatic carbocycles. The van der Waals surface area contributed by atoms with Crippen molar-refractivity contribution in [1.29, 1.82) is 0 Å². The Balaban J connectivity index is 0.00000196. The normalized spacial score (nSPS) is 10.3. The van der Waals surface area contributed by atoms with E-state index in [0.29, 0.717) is 0 Å². The maximum absolute atomic E-state index is 10.7. The first kappa shape index (κ1) is 14.3. The summed E-state index contributed by atoms with van der Waals surface area (Å²) in [6, 6.07) is 4.23. The van der Waals surface area contributed by atoms with E-state index in [2.05, 4.69) is 4.89 Å². The van der Waals surface area contributed by atoms with Gasteiger partial charge in [0.1, 0.15) is 0 Å². The Bertz CT molecular complexity index is 437. The molecule has 0 saturated heterocycles. The minimum atomic E-state index is -4.27. The summed E-state index contributed by atoms with van der Waals surface area (Å²) < 4.78 is 29.7. The summed E-state index contributed by atoms with van der Waals surface area (Å²) in [7, 11) is -4.27. The van der Waals surface area contributed by atoms with Crippen molar-refractivity contribution in [2.24, 2.45) is 0 Å². The summed E-state index contributed by atoms with van der Waals surface area (Å²) in [5.41, 5.74) is -0.0279. The van der Waals surface area contributed by atoms with E-state index in [1.54, 1.807) is 0 Å². The van der Waals surface area contributed by atoms with E-state index < -0.39 is 16.1 Å². The maximum Gasteiger partial charge on any atom is 0.372 e. The third kappa shape index (κ3) is 3.76. The van der Waals surface area contributed by atoms with Crippen molar-refractivity contribution in [3.63, 3.8) is 0 Å². The van der Waals surface area contributed by atoms with Crippen LogP contribution in [0.5, 0.6) is 0 Å². The number of rotatable bonds is 2. The van der Waals surface area contributed by atoms with Crippen LogP contribution in [0.2, 0.25) is 0 Å². The van der Waals surface area contributed by atoms with Crippen LogP contribution in [0.4, 0.5) is 0 Å². The van der Waals surface area contributed by atoms with Gasteiger partial charge in [-0.3, -0.25) is 9.44 Å². The van der Waals surface area contributed by atoms with E-state index in [4.69, 9.17) is 9.81 Å². The lowest BCUT2D eigenvalue weighted by atomic mass is 10.2. The van der Waals surface area contributed by atoms with Crippen molar-refractivity contribution in [2.75, 3.05) is 0 Å². The molecule has 0 fully saturated rings. The molecule has 0 aliphatic heterocycles. The molecule has 0 radical (unpaired) electrons. The molecule has 1 rings (SSSR count). The molecule has 2 N–H and O–H groups in total. The highest BCUT2D eigenvalue weighted by Gasteiger charge is 2.11. The van der Waals surface area contributed by atoms with Crippen LogP contribution in [0.1, 0.15) is 10.4 Å². The predicted molar refractivity (Wildman–Crippen MR) is 52.8 cm³/mol. The molecule has 0 saturated carbocycles. The summed E-state index contributed by atoms with van der Waals surface area (Å²) in [6.45, 7) is 0. The number of carbonyl (C=O) groups excluding carboxylic acids is 1. The molecular formula is C7H8MgO6S. The van der Waals surface area contributed by atoms with Gasteiger partial charge in [0.15, 0.2) is 0 Å². The lowest BCUT2D eigenvalue weighted by Gasteiger charge is -1.98. The Morgan fingerprint density at radius 3 is 2.00 bits per heavy atom. The molecule has 0 bridgehead atoms. The quantitative estimate of drug-likeness (QED) is 0.319. The molecule has 0 aromatic heterocycles. The van der Waals surface area contributed by atoms with Gasteiger partial charge in [0.05, 0.1) is 10.5 Å². The highest BCUT2D eigenvalue weighted by atomic mass is 32.2. The fraction of sp³-hybridized carbons (Fsp3) is 0. The van der Waals surface area contributed by atoms with Gasteiger partial charge in [-0.1, -0.05) is 0 Å². The van der Waals surface area contributed by atoms with Gasteiger partial charge >= 0.3 is 29.0 Å². The molecule has 80 valence electrons. The molecule has 15 heavy (non-hydrogen) atoms. The third-order valence-corrected chi connectivity index (χ3v) is 2.34. The molecular weight excluding hydrogens is 236 g/mol. The molecule has 0 heterocycles. The van der Waals surface area contributed by atoms with Crippen molar-refractivity contribution < 1.29 is 27.9 Å². The van der Waals surface area contributed by atoms with Gasteiger partial charge in [-0.15, -0.1) is 0 Å². The number of benzene rings is 1. The van der Waals surface area contributed by atoms with Gasteiger partial charge in [-0.05, 0) is 24.3 Å². The van der Waals surface area contributed by atoms with Crippen molar-refractivity contribution in [3.8, 4) is 0 Å². The van der Waals surface area contributed by atoms with Crippen molar-refractivity contribution in [2.45, 2.75) is 4.90 Å². The van der Waals surface area contributed by atoms with E-state index in [-0.39, 0.29) is 33.5 Å². The Morgan fingerprint density at radius 1 is 1.20 bits per heavy atom. The van der Waals surface area contributed by atoms with Crippen LogP contribution in [0, 0.1) is 0 Å². The lowest BCUT2D eigenvalue weighted by Crippen LogP contribution is -2.03. The fourth-order valence-electron chi connectivity index (χ4n) is 0.816. The summed E-state index contributed by atoms with van der Waals surface area (Å²) in [4.78, 5) is 13.8. The Morgan fingerprint density at radius 2 is 1.67 bits per heavy atom. The molecule has 0 atom stereocenters. The second-order valence-electron chi connectivity index (χ2n) is 2.38. The molecule has 8 heteroatoms. The molecule has 6 nitrogen and oxygen atoms in total. The highest BCUT2D eigenvalue weighted by molar-refractivity contribution is 7.85. The third-order valence-electron chi connectivity index (χ3n) is 1.47. The van der Waals surface area contributed by atoms with Gasteiger partial charge < -0.3 is 0 Å². The Kier molecular flexibility index (Phi) is 5.18. The smallest absolute Gasteiger partial charge is 0.296 e. The van der Waals surface area contributed by atoms with Gasteiger partial charge in [-0.25, -0.2) is 4.79 Å². The van der Waals surface area contributed by atoms with Crippen molar-refractivity contribution in [3.05, 3.63) is 29.8 Å². The summed E-state index contributed by atoms with van der Waals surface area (Å²) in [5.74, 6) is -1.01. The second-order valence-corrected chi connectivity index (χ2v) is 3.80. The average Bonchev–Trinajstić information content (AvgIpc) is 2.15. The van der Waals surface area contributed by atoms with Crippen LogP contribution >= 0.6 is 0 Å². The first-order valence-electron chi connectivity index (χ1n) is 3.38. The average molecular weight is 245 g/mol. The highest BCUT2D eigenvalue weighted by Crippen LogP contribution is 2.10. The fourth-order valence-corrected chi connectivity index (χ4v) is 1.30. The first-order chi connectivity index (χ1) is 6.45. The SMILES string of the molecule is O=C(OO)c1ccc(S(=O)(=O)O)cc1.[MgH2].